The van der Waals surface area contributed by atoms with Crippen LogP contribution < -0.4 is 26.6 Å². The summed E-state index contributed by atoms with van der Waals surface area (Å²) in [5.41, 5.74) is 10.4. The van der Waals surface area contributed by atoms with Gasteiger partial charge in [-0.05, 0) is 119 Å². The molecule has 0 atom stereocenters. The van der Waals surface area contributed by atoms with Crippen LogP contribution in [-0.2, 0) is 6.54 Å². The number of urea groups is 1. The number of likely N-dealkylation sites (N-methyl/N-ethyl adjacent to an activating group) is 1. The maximum absolute atomic E-state index is 15.1. The van der Waals surface area contributed by atoms with Crippen molar-refractivity contribution in [2.45, 2.75) is 58.4 Å². The average Bonchev–Trinajstić information content (AvgIpc) is 3.21. The number of nitrogen functional groups attached to an aromatic ring is 1. The summed E-state index contributed by atoms with van der Waals surface area (Å²) < 4.78 is 32.5. The van der Waals surface area contributed by atoms with E-state index in [1.165, 1.54) is 30.9 Å². The van der Waals surface area contributed by atoms with Crippen LogP contribution in [0.2, 0.25) is 0 Å². The number of hydrogen-bond donors (Lipinski definition) is 4. The summed E-state index contributed by atoms with van der Waals surface area (Å²) in [5.74, 6) is -1.89. The van der Waals surface area contributed by atoms with Gasteiger partial charge in [-0.3, -0.25) is 4.79 Å². The van der Waals surface area contributed by atoms with E-state index in [1.807, 2.05) is 101 Å². The number of rotatable bonds is 10. The van der Waals surface area contributed by atoms with Crippen LogP contribution in [0.5, 0.6) is 0 Å². The van der Waals surface area contributed by atoms with E-state index >= 15 is 8.78 Å². The highest BCUT2D eigenvalue weighted by Gasteiger charge is 2.34. The van der Waals surface area contributed by atoms with Gasteiger partial charge in [0, 0.05) is 59.1 Å². The second kappa shape index (κ2) is 20.7. The van der Waals surface area contributed by atoms with E-state index < -0.39 is 23.4 Å². The van der Waals surface area contributed by atoms with Gasteiger partial charge in [-0.1, -0.05) is 50.1 Å². The lowest BCUT2D eigenvalue weighted by Crippen LogP contribution is -2.43. The van der Waals surface area contributed by atoms with Crippen molar-refractivity contribution >= 4 is 52.7 Å². The van der Waals surface area contributed by atoms with Crippen LogP contribution in [0.15, 0.2) is 89.8 Å². The molecule has 1 fully saturated rings. The molecular weight excluding hydrogens is 757 g/mol. The molecule has 3 heterocycles. The Labute approximate surface area is 344 Å². The van der Waals surface area contributed by atoms with Crippen molar-refractivity contribution < 1.29 is 18.4 Å². The van der Waals surface area contributed by atoms with E-state index in [-0.39, 0.29) is 24.2 Å². The van der Waals surface area contributed by atoms with Gasteiger partial charge in [0.25, 0.3) is 5.91 Å². The highest BCUT2D eigenvalue weighted by Crippen LogP contribution is 2.39. The average molecular weight is 810 g/mol. The molecule has 4 aromatic carbocycles. The summed E-state index contributed by atoms with van der Waals surface area (Å²) in [6.45, 7) is 11.2. The molecule has 5 N–H and O–H groups in total. The molecule has 5 aromatic rings. The second-order valence-corrected chi connectivity index (χ2v) is 15.2. The largest absolute Gasteiger partial charge is 0.399 e. The van der Waals surface area contributed by atoms with Crippen LogP contribution in [0.25, 0.3) is 11.3 Å². The van der Waals surface area contributed by atoms with Crippen LogP contribution in [0.1, 0.15) is 60.2 Å². The topological polar surface area (TPSA) is 132 Å². The molecule has 0 spiro atoms. The zero-order valence-corrected chi connectivity index (χ0v) is 34.9. The number of benzene rings is 4. The lowest BCUT2D eigenvalue weighted by Gasteiger charge is -2.31. The van der Waals surface area contributed by atoms with Crippen LogP contribution >= 0.6 is 11.9 Å². The lowest BCUT2D eigenvalue weighted by molar-refractivity contribution is 0.102. The predicted octanol–water partition coefficient (Wildman–Crippen LogP) is 9.41. The van der Waals surface area contributed by atoms with Crippen molar-refractivity contribution in [3.63, 3.8) is 0 Å². The number of nitrogens with two attached hydrogens (primary N) is 1. The fraction of sp³-hybridized carbons (Fsp3) is 0.318. The Morgan fingerprint density at radius 2 is 1.59 bits per heavy atom. The molecular formula is C44H53F2N9O2S. The fourth-order valence-corrected chi connectivity index (χ4v) is 7.25. The number of nitrogens with zero attached hydrogens (tertiary/aromatic N) is 5. The zero-order valence-electron chi connectivity index (χ0n) is 34.0. The summed E-state index contributed by atoms with van der Waals surface area (Å²) in [6, 6.07) is 23.6. The number of aromatic nitrogens is 2. The monoisotopic (exact) mass is 809 g/mol. The summed E-state index contributed by atoms with van der Waals surface area (Å²) in [5, 5.41) is 8.88. The standard InChI is InChI=1S/C35H38F2N8O2S.C7H9N.C2H6/c1-22-10-11-23(33(46)40-24-12-14-25(15-13-24)48-44-17-5-4-6-18-44)20-26(22)30-27-21-39-35(47)45(31-28(36)8-7-9-29(31)37)32(27)42-34(41-30)38-16-19-43(2)3;1-6-2-4-7(8)5-3-6;1-2/h7-15,20H,4-6,16-19,21H2,1-3H3,(H,39,47)(H,40,46)(H,38,41,42);2-5H,8H2,1H3;1-2H3. The molecule has 2 aliphatic rings. The molecule has 14 heteroatoms. The third-order valence-corrected chi connectivity index (χ3v) is 10.4. The Bertz CT molecular complexity index is 2120. The molecule has 11 nitrogen and oxygen atoms in total. The Kier molecular flexibility index (Phi) is 15.6. The first kappa shape index (κ1) is 43.6. The first-order valence-electron chi connectivity index (χ1n) is 19.6. The van der Waals surface area contributed by atoms with Crippen molar-refractivity contribution in [3.8, 4) is 11.3 Å². The zero-order chi connectivity index (χ0) is 41.8. The minimum absolute atomic E-state index is 0.0195. The second-order valence-electron chi connectivity index (χ2n) is 14.0. The number of nitrogens with one attached hydrogen (secondary N) is 3. The van der Waals surface area contributed by atoms with Gasteiger partial charge >= 0.3 is 6.03 Å². The van der Waals surface area contributed by atoms with Crippen molar-refractivity contribution in [2.24, 2.45) is 0 Å². The molecule has 0 bridgehead atoms. The number of carbonyl (C=O) groups excluding carboxylic acids is 2. The third kappa shape index (κ3) is 11.3. The van der Waals surface area contributed by atoms with E-state index in [9.17, 15) is 9.59 Å². The summed E-state index contributed by atoms with van der Waals surface area (Å²) in [7, 11) is 3.85. The Hall–Kier alpha value is -5.57. The molecule has 0 saturated carbocycles. The first-order chi connectivity index (χ1) is 28.0. The molecule has 3 amide bonds. The SMILES string of the molecule is CC.Cc1ccc(C(=O)Nc2ccc(SN3CCCCC3)cc2)cc1-c1nc(NCCN(C)C)nc2c1CNC(=O)N2c1c(F)cccc1F.Cc1ccc(N)cc1. The van der Waals surface area contributed by atoms with Gasteiger partial charge in [-0.2, -0.15) is 4.98 Å². The van der Waals surface area contributed by atoms with Crippen LogP contribution in [0, 0.1) is 25.5 Å². The fourth-order valence-electron chi connectivity index (χ4n) is 6.25. The Balaban J connectivity index is 0.000000566. The maximum atomic E-state index is 15.1. The number of amides is 3. The minimum Gasteiger partial charge on any atom is -0.399 e. The van der Waals surface area contributed by atoms with Crippen LogP contribution in [0.3, 0.4) is 0 Å². The summed E-state index contributed by atoms with van der Waals surface area (Å²) in [6.07, 6.45) is 3.70. The van der Waals surface area contributed by atoms with Crippen molar-refractivity contribution in [1.29, 1.82) is 0 Å². The Morgan fingerprint density at radius 1 is 0.914 bits per heavy atom. The van der Waals surface area contributed by atoms with Gasteiger partial charge < -0.3 is 26.6 Å². The van der Waals surface area contributed by atoms with E-state index in [0.29, 0.717) is 41.2 Å². The number of fused-ring (bicyclic) bond motifs is 1. The number of hydrogen-bond acceptors (Lipinski definition) is 9. The van der Waals surface area contributed by atoms with Crippen molar-refractivity contribution in [2.75, 3.05) is 61.5 Å². The maximum Gasteiger partial charge on any atom is 0.328 e. The third-order valence-electron chi connectivity index (χ3n) is 9.31. The summed E-state index contributed by atoms with van der Waals surface area (Å²) in [4.78, 5) is 40.1. The van der Waals surface area contributed by atoms with E-state index in [0.717, 1.165) is 46.3 Å². The molecule has 306 valence electrons. The number of carbonyl (C=O) groups is 2. The molecule has 1 saturated heterocycles. The molecule has 2 aliphatic heterocycles. The van der Waals surface area contributed by atoms with Gasteiger partial charge in [0.05, 0.1) is 12.2 Å². The number of para-hydroxylation sites is 1. The lowest BCUT2D eigenvalue weighted by atomic mass is 9.97. The highest BCUT2D eigenvalue weighted by atomic mass is 32.2. The van der Waals surface area contributed by atoms with Gasteiger partial charge in [0.1, 0.15) is 17.3 Å². The molecule has 0 aliphatic carbocycles. The predicted molar refractivity (Wildman–Crippen MR) is 233 cm³/mol. The van der Waals surface area contributed by atoms with E-state index in [4.69, 9.17) is 10.7 Å². The summed E-state index contributed by atoms with van der Waals surface area (Å²) >= 11 is 1.74. The van der Waals surface area contributed by atoms with E-state index in [1.54, 1.807) is 24.1 Å². The van der Waals surface area contributed by atoms with Gasteiger partial charge in [0.2, 0.25) is 5.95 Å². The molecule has 1 aromatic heterocycles. The number of halogens is 2. The molecule has 58 heavy (non-hydrogen) atoms. The quantitative estimate of drug-likeness (QED) is 0.0805. The van der Waals surface area contributed by atoms with Crippen LogP contribution in [-0.4, -0.2) is 71.4 Å². The molecule has 0 radical (unpaired) electrons. The van der Waals surface area contributed by atoms with Gasteiger partial charge in [-0.15, -0.1) is 0 Å². The van der Waals surface area contributed by atoms with Gasteiger partial charge in [-0.25, -0.2) is 27.8 Å². The van der Waals surface area contributed by atoms with E-state index in [2.05, 4.69) is 25.2 Å². The van der Waals surface area contributed by atoms with Gasteiger partial charge in [0.15, 0.2) is 5.82 Å². The number of anilines is 5. The first-order valence-corrected chi connectivity index (χ1v) is 20.3. The normalized spacial score (nSPS) is 13.7. The van der Waals surface area contributed by atoms with Crippen molar-refractivity contribution in [3.05, 3.63) is 119 Å². The van der Waals surface area contributed by atoms with Crippen molar-refractivity contribution in [1.82, 2.24) is 24.5 Å². The number of aryl methyl sites for hydroxylation is 2. The minimum atomic E-state index is -0.909. The smallest absolute Gasteiger partial charge is 0.328 e. The number of piperidine rings is 1. The highest BCUT2D eigenvalue weighted by molar-refractivity contribution is 7.97. The molecule has 0 unspecified atom stereocenters. The molecule has 7 rings (SSSR count). The van der Waals surface area contributed by atoms with Crippen LogP contribution in [0.4, 0.5) is 42.4 Å². The Morgan fingerprint density at radius 3 is 2.22 bits per heavy atom.